The van der Waals surface area contributed by atoms with Crippen molar-refractivity contribution < 1.29 is 24.4 Å². The summed E-state index contributed by atoms with van der Waals surface area (Å²) in [5.41, 5.74) is -0.419. The summed E-state index contributed by atoms with van der Waals surface area (Å²) >= 11 is 0. The van der Waals surface area contributed by atoms with Gasteiger partial charge in [0.05, 0.1) is 18.1 Å². The zero-order chi connectivity index (χ0) is 31.2. The smallest absolute Gasteiger partial charge is 0.230 e. The van der Waals surface area contributed by atoms with Crippen molar-refractivity contribution in [3.63, 3.8) is 0 Å². The van der Waals surface area contributed by atoms with E-state index < -0.39 is 29.6 Å². The van der Waals surface area contributed by atoms with Gasteiger partial charge in [-0.2, -0.15) is 0 Å². The van der Waals surface area contributed by atoms with Crippen LogP contribution in [0.25, 0.3) is 0 Å². The average Bonchev–Trinajstić information content (AvgIpc) is 2.91. The fourth-order valence-electron chi connectivity index (χ4n) is 5.60. The molecule has 0 aliphatic heterocycles. The highest BCUT2D eigenvalue weighted by Crippen LogP contribution is 2.39. The number of hydrogen-bond acceptors (Lipinski definition) is 4. The molecular weight excluding hydrogens is 514 g/mol. The summed E-state index contributed by atoms with van der Waals surface area (Å²) < 4.78 is 2.14. The van der Waals surface area contributed by atoms with E-state index in [1.165, 1.54) is 0 Å². The van der Waals surface area contributed by atoms with Gasteiger partial charge in [-0.25, -0.2) is 4.57 Å². The molecule has 0 aliphatic rings. The van der Waals surface area contributed by atoms with Crippen LogP contribution < -0.4 is 15.2 Å². The highest BCUT2D eigenvalue weighted by atomic mass is 16.3. The predicted octanol–water partition coefficient (Wildman–Crippen LogP) is 5.76. The number of rotatable bonds is 14. The molecule has 2 amide bonds. The van der Waals surface area contributed by atoms with Crippen LogP contribution in [0.2, 0.25) is 0 Å². The van der Waals surface area contributed by atoms with Crippen molar-refractivity contribution >= 4 is 17.5 Å². The SMILES string of the molecule is CCC(C)(C)CC(C)(C)C(=O)NC(CO)C(O)c1ccc(NC(=O)C(C)(CC(C)(C)[n+]2ccccc2)C(C)C)cc1. The quantitative estimate of drug-likeness (QED) is 0.218. The Hall–Kier alpha value is -2.77. The molecule has 1 aromatic carbocycles. The minimum absolute atomic E-state index is 0.00375. The standard InChI is InChI=1S/C34H53N3O4/c1-11-31(4,5)22-32(6,7)29(40)36-27(21-38)28(39)25-15-17-26(18-16-25)35-30(41)34(10,24(2)3)23-33(8,9)37-19-13-12-14-20-37/h12-20,24,27-28,38-39H,11,21-23H2,1-10H3,(H-,35,36,40,41)/p+1. The van der Waals surface area contributed by atoms with Crippen molar-refractivity contribution in [2.45, 2.75) is 106 Å². The molecule has 0 bridgehead atoms. The van der Waals surface area contributed by atoms with Gasteiger partial charge in [0.2, 0.25) is 11.8 Å². The first kappa shape index (κ1) is 34.4. The fourth-order valence-corrected chi connectivity index (χ4v) is 5.60. The van der Waals surface area contributed by atoms with E-state index in [1.54, 1.807) is 24.3 Å². The number of anilines is 1. The van der Waals surface area contributed by atoms with Crippen LogP contribution in [0, 0.1) is 22.2 Å². The number of aromatic nitrogens is 1. The van der Waals surface area contributed by atoms with E-state index in [9.17, 15) is 19.8 Å². The highest BCUT2D eigenvalue weighted by Gasteiger charge is 2.45. The third-order valence-electron chi connectivity index (χ3n) is 8.90. The molecule has 3 unspecified atom stereocenters. The number of benzene rings is 1. The van der Waals surface area contributed by atoms with Gasteiger partial charge in [0.1, 0.15) is 6.10 Å². The summed E-state index contributed by atoms with van der Waals surface area (Å²) in [4.78, 5) is 26.7. The number of nitrogens with one attached hydrogen (secondary N) is 2. The summed E-state index contributed by atoms with van der Waals surface area (Å²) in [6.07, 6.45) is 5.21. The number of pyridine rings is 1. The lowest BCUT2D eigenvalue weighted by molar-refractivity contribution is -0.760. The van der Waals surface area contributed by atoms with Gasteiger partial charge in [0.25, 0.3) is 0 Å². The van der Waals surface area contributed by atoms with E-state index in [2.05, 4.69) is 63.7 Å². The summed E-state index contributed by atoms with van der Waals surface area (Å²) in [5, 5.41) is 27.0. The Kier molecular flexibility index (Phi) is 11.3. The lowest BCUT2D eigenvalue weighted by Crippen LogP contribution is -2.56. The molecule has 228 valence electrons. The van der Waals surface area contributed by atoms with Crippen molar-refractivity contribution in [1.29, 1.82) is 0 Å². The van der Waals surface area contributed by atoms with Crippen molar-refractivity contribution in [3.05, 3.63) is 60.4 Å². The third-order valence-corrected chi connectivity index (χ3v) is 8.90. The van der Waals surface area contributed by atoms with Crippen LogP contribution in [0.1, 0.15) is 100 Å². The maximum absolute atomic E-state index is 13.6. The number of aliphatic hydroxyl groups is 2. The zero-order valence-electron chi connectivity index (χ0n) is 26.9. The Morgan fingerprint density at radius 1 is 0.878 bits per heavy atom. The Balaban J connectivity index is 2.14. The topological polar surface area (TPSA) is 103 Å². The van der Waals surface area contributed by atoms with Gasteiger partial charge in [-0.1, -0.05) is 80.0 Å². The maximum atomic E-state index is 13.6. The van der Waals surface area contributed by atoms with E-state index in [0.29, 0.717) is 24.1 Å². The summed E-state index contributed by atoms with van der Waals surface area (Å²) in [5.74, 6) is -0.179. The fraction of sp³-hybridized carbons (Fsp3) is 0.618. The second-order valence-corrected chi connectivity index (χ2v) is 14.2. The average molecular weight is 569 g/mol. The first-order valence-electron chi connectivity index (χ1n) is 14.9. The molecule has 7 nitrogen and oxygen atoms in total. The molecule has 0 saturated heterocycles. The number of carbonyl (C=O) groups excluding carboxylic acids is 2. The van der Waals surface area contributed by atoms with Crippen LogP contribution >= 0.6 is 0 Å². The van der Waals surface area contributed by atoms with Gasteiger partial charge in [-0.05, 0) is 35.4 Å². The monoisotopic (exact) mass is 568 g/mol. The molecule has 2 aromatic rings. The second kappa shape index (κ2) is 13.5. The third kappa shape index (κ3) is 8.86. The van der Waals surface area contributed by atoms with Crippen molar-refractivity contribution in [2.24, 2.45) is 22.2 Å². The number of aliphatic hydroxyl groups excluding tert-OH is 2. The largest absolute Gasteiger partial charge is 0.394 e. The van der Waals surface area contributed by atoms with E-state index >= 15 is 0 Å². The summed E-state index contributed by atoms with van der Waals surface area (Å²) in [6.45, 7) is 20.2. The van der Waals surface area contributed by atoms with Crippen LogP contribution in [0.15, 0.2) is 54.9 Å². The maximum Gasteiger partial charge on any atom is 0.230 e. The number of amides is 2. The van der Waals surface area contributed by atoms with Gasteiger partial charge in [-0.3, -0.25) is 9.59 Å². The van der Waals surface area contributed by atoms with E-state index in [1.807, 2.05) is 51.4 Å². The summed E-state index contributed by atoms with van der Waals surface area (Å²) in [6, 6.07) is 12.0. The number of nitrogens with zero attached hydrogens (tertiary/aromatic N) is 1. The first-order chi connectivity index (χ1) is 18.9. The van der Waals surface area contributed by atoms with Gasteiger partial charge in [0, 0.05) is 43.5 Å². The van der Waals surface area contributed by atoms with Gasteiger partial charge < -0.3 is 20.8 Å². The van der Waals surface area contributed by atoms with Crippen molar-refractivity contribution in [3.8, 4) is 0 Å². The molecular formula is C34H54N3O4+. The second-order valence-electron chi connectivity index (χ2n) is 14.2. The molecule has 3 atom stereocenters. The number of hydrogen-bond donors (Lipinski definition) is 4. The van der Waals surface area contributed by atoms with Crippen LogP contribution in [-0.2, 0) is 15.1 Å². The van der Waals surface area contributed by atoms with E-state index in [0.717, 1.165) is 6.42 Å². The Morgan fingerprint density at radius 2 is 1.44 bits per heavy atom. The van der Waals surface area contributed by atoms with Gasteiger partial charge in [0.15, 0.2) is 17.9 Å². The predicted molar refractivity (Wildman–Crippen MR) is 165 cm³/mol. The van der Waals surface area contributed by atoms with Crippen LogP contribution in [-0.4, -0.2) is 34.7 Å². The Bertz CT molecular complexity index is 1140. The lowest BCUT2D eigenvalue weighted by Gasteiger charge is -2.36. The van der Waals surface area contributed by atoms with Crippen molar-refractivity contribution in [1.82, 2.24) is 5.32 Å². The molecule has 0 radical (unpaired) electrons. The summed E-state index contributed by atoms with van der Waals surface area (Å²) in [7, 11) is 0. The molecule has 2 rings (SSSR count). The zero-order valence-corrected chi connectivity index (χ0v) is 26.9. The molecule has 7 heteroatoms. The Morgan fingerprint density at radius 3 is 1.93 bits per heavy atom. The lowest BCUT2D eigenvalue weighted by atomic mass is 9.70. The van der Waals surface area contributed by atoms with Gasteiger partial charge >= 0.3 is 0 Å². The van der Waals surface area contributed by atoms with E-state index in [-0.39, 0.29) is 28.7 Å². The van der Waals surface area contributed by atoms with Crippen LogP contribution in [0.5, 0.6) is 0 Å². The molecule has 1 heterocycles. The molecule has 0 aliphatic carbocycles. The van der Waals surface area contributed by atoms with Crippen molar-refractivity contribution in [2.75, 3.05) is 11.9 Å². The molecule has 4 N–H and O–H groups in total. The minimum Gasteiger partial charge on any atom is -0.394 e. The Labute approximate surface area is 247 Å². The molecule has 0 saturated carbocycles. The minimum atomic E-state index is -1.10. The first-order valence-corrected chi connectivity index (χ1v) is 14.9. The normalized spacial score (nSPS) is 15.6. The molecule has 41 heavy (non-hydrogen) atoms. The van der Waals surface area contributed by atoms with Gasteiger partial charge in [-0.15, -0.1) is 0 Å². The van der Waals surface area contributed by atoms with E-state index in [4.69, 9.17) is 0 Å². The number of carbonyl (C=O) groups is 2. The van der Waals surface area contributed by atoms with Crippen LogP contribution in [0.3, 0.4) is 0 Å². The van der Waals surface area contributed by atoms with Crippen LogP contribution in [0.4, 0.5) is 5.69 Å². The molecule has 1 aromatic heterocycles. The molecule has 0 fully saturated rings. The molecule has 0 spiro atoms. The highest BCUT2D eigenvalue weighted by molar-refractivity contribution is 5.95.